The van der Waals surface area contributed by atoms with Gasteiger partial charge < -0.3 is 25.2 Å². The first-order valence-electron chi connectivity index (χ1n) is 9.18. The van der Waals surface area contributed by atoms with E-state index in [1.807, 2.05) is 43.3 Å². The normalized spacial score (nSPS) is 12.4. The van der Waals surface area contributed by atoms with Crippen LogP contribution in [0.3, 0.4) is 0 Å². The lowest BCUT2D eigenvalue weighted by Crippen LogP contribution is -2.38. The van der Waals surface area contributed by atoms with Gasteiger partial charge in [0.1, 0.15) is 6.61 Å². The van der Waals surface area contributed by atoms with E-state index >= 15 is 0 Å². The molecule has 2 aromatic carbocycles. The molecule has 146 valence electrons. The average Bonchev–Trinajstić information content (AvgIpc) is 2.71. The summed E-state index contributed by atoms with van der Waals surface area (Å²) in [6.45, 7) is 5.64. The van der Waals surface area contributed by atoms with E-state index in [-0.39, 0.29) is 19.3 Å². The molecule has 0 spiro atoms. The van der Waals surface area contributed by atoms with Crippen molar-refractivity contribution in [2.24, 2.45) is 4.99 Å². The molecule has 0 saturated heterocycles. The molecular weight excluding hydrogens is 342 g/mol. The topological polar surface area (TPSA) is 75.1 Å². The van der Waals surface area contributed by atoms with Crippen molar-refractivity contribution in [3.8, 4) is 11.5 Å². The highest BCUT2D eigenvalue weighted by Crippen LogP contribution is 2.28. The second-order valence-electron chi connectivity index (χ2n) is 6.03. The van der Waals surface area contributed by atoms with Gasteiger partial charge in [-0.3, -0.25) is 0 Å². The van der Waals surface area contributed by atoms with E-state index in [2.05, 4.69) is 34.7 Å². The van der Waals surface area contributed by atoms with E-state index in [4.69, 9.17) is 14.6 Å². The number of rotatable bonds is 9. The van der Waals surface area contributed by atoms with E-state index < -0.39 is 0 Å². The Labute approximate surface area is 161 Å². The number of aliphatic imine (C=N–C) groups is 1. The monoisotopic (exact) mass is 371 g/mol. The Morgan fingerprint density at radius 1 is 1.15 bits per heavy atom. The fraction of sp³-hybridized carbons (Fsp3) is 0.381. The molecule has 6 nitrogen and oxygen atoms in total. The van der Waals surface area contributed by atoms with Crippen molar-refractivity contribution in [2.75, 3.05) is 26.9 Å². The second-order valence-corrected chi connectivity index (χ2v) is 6.03. The van der Waals surface area contributed by atoms with Gasteiger partial charge in [0.05, 0.1) is 26.3 Å². The standard InChI is InChI=1S/C21H29N3O3/c1-4-22-21(24-16(2)18-8-6-5-7-9-18)23-15-17-10-11-19(27-13-12-25)20(14-17)26-3/h5-11,14,16,25H,4,12-13,15H2,1-3H3,(H2,22,23,24). The molecule has 2 rings (SSSR count). The summed E-state index contributed by atoms with van der Waals surface area (Å²) in [5.41, 5.74) is 2.21. The summed E-state index contributed by atoms with van der Waals surface area (Å²) < 4.78 is 10.8. The quantitative estimate of drug-likeness (QED) is 0.467. The third kappa shape index (κ3) is 6.49. The lowest BCUT2D eigenvalue weighted by Gasteiger charge is -2.18. The molecule has 0 aliphatic carbocycles. The summed E-state index contributed by atoms with van der Waals surface area (Å²) in [6.07, 6.45) is 0. The molecule has 0 saturated carbocycles. The van der Waals surface area contributed by atoms with Crippen LogP contribution in [0, 0.1) is 0 Å². The fourth-order valence-corrected chi connectivity index (χ4v) is 2.61. The largest absolute Gasteiger partial charge is 0.493 e. The third-order valence-corrected chi connectivity index (χ3v) is 3.99. The number of nitrogens with zero attached hydrogens (tertiary/aromatic N) is 1. The zero-order valence-electron chi connectivity index (χ0n) is 16.2. The molecule has 0 fully saturated rings. The molecule has 0 aliphatic heterocycles. The van der Waals surface area contributed by atoms with Gasteiger partial charge in [-0.1, -0.05) is 36.4 Å². The van der Waals surface area contributed by atoms with Crippen LogP contribution in [0.15, 0.2) is 53.5 Å². The van der Waals surface area contributed by atoms with Crippen molar-refractivity contribution < 1.29 is 14.6 Å². The zero-order chi connectivity index (χ0) is 19.5. The van der Waals surface area contributed by atoms with Crippen LogP contribution in [-0.2, 0) is 6.54 Å². The lowest BCUT2D eigenvalue weighted by molar-refractivity contribution is 0.196. The summed E-state index contributed by atoms with van der Waals surface area (Å²) in [4.78, 5) is 4.67. The van der Waals surface area contributed by atoms with Gasteiger partial charge in [0.25, 0.3) is 0 Å². The number of methoxy groups -OCH3 is 1. The van der Waals surface area contributed by atoms with Crippen LogP contribution in [0.2, 0.25) is 0 Å². The maximum Gasteiger partial charge on any atom is 0.192 e. The first-order chi connectivity index (χ1) is 13.2. The lowest BCUT2D eigenvalue weighted by atomic mass is 10.1. The van der Waals surface area contributed by atoms with Crippen molar-refractivity contribution >= 4 is 5.96 Å². The van der Waals surface area contributed by atoms with Crippen molar-refractivity contribution in [2.45, 2.75) is 26.4 Å². The minimum Gasteiger partial charge on any atom is -0.493 e. The van der Waals surface area contributed by atoms with E-state index in [0.29, 0.717) is 18.0 Å². The van der Waals surface area contributed by atoms with Gasteiger partial charge in [-0.2, -0.15) is 0 Å². The maximum atomic E-state index is 8.90. The highest BCUT2D eigenvalue weighted by molar-refractivity contribution is 5.80. The van der Waals surface area contributed by atoms with Gasteiger partial charge in [-0.25, -0.2) is 4.99 Å². The summed E-state index contributed by atoms with van der Waals surface area (Å²) in [5, 5.41) is 15.6. The van der Waals surface area contributed by atoms with Crippen molar-refractivity contribution in [3.05, 3.63) is 59.7 Å². The van der Waals surface area contributed by atoms with Crippen molar-refractivity contribution in [1.29, 1.82) is 0 Å². The number of guanidine groups is 1. The number of hydrogen-bond acceptors (Lipinski definition) is 4. The summed E-state index contributed by atoms with van der Waals surface area (Å²) in [5.74, 6) is 2.00. The molecule has 0 aromatic heterocycles. The van der Waals surface area contributed by atoms with E-state index in [9.17, 15) is 0 Å². The summed E-state index contributed by atoms with van der Waals surface area (Å²) >= 11 is 0. The average molecular weight is 371 g/mol. The van der Waals surface area contributed by atoms with Crippen molar-refractivity contribution in [3.63, 3.8) is 0 Å². The van der Waals surface area contributed by atoms with Gasteiger partial charge in [-0.15, -0.1) is 0 Å². The minimum absolute atomic E-state index is 0.0352. The SMILES string of the molecule is CCNC(=NCc1ccc(OCCO)c(OC)c1)NC(C)c1ccccc1. The molecule has 0 heterocycles. The Morgan fingerprint density at radius 2 is 1.93 bits per heavy atom. The predicted octanol–water partition coefficient (Wildman–Crippen LogP) is 2.88. The van der Waals surface area contributed by atoms with Crippen LogP contribution in [0.5, 0.6) is 11.5 Å². The molecule has 27 heavy (non-hydrogen) atoms. The van der Waals surface area contributed by atoms with Crippen LogP contribution < -0.4 is 20.1 Å². The molecule has 1 atom stereocenters. The number of aliphatic hydroxyl groups is 1. The zero-order valence-corrected chi connectivity index (χ0v) is 16.2. The molecule has 1 unspecified atom stereocenters. The minimum atomic E-state index is -0.0352. The number of nitrogens with one attached hydrogen (secondary N) is 2. The Balaban J connectivity index is 2.07. The van der Waals surface area contributed by atoms with Crippen LogP contribution >= 0.6 is 0 Å². The fourth-order valence-electron chi connectivity index (χ4n) is 2.61. The summed E-state index contributed by atoms with van der Waals surface area (Å²) in [7, 11) is 1.60. The Hall–Kier alpha value is -2.73. The summed E-state index contributed by atoms with van der Waals surface area (Å²) in [6, 6.07) is 16.1. The maximum absolute atomic E-state index is 8.90. The highest BCUT2D eigenvalue weighted by atomic mass is 16.5. The molecule has 6 heteroatoms. The molecule has 3 N–H and O–H groups in total. The van der Waals surface area contributed by atoms with Gasteiger partial charge in [0, 0.05) is 6.54 Å². The molecule has 2 aromatic rings. The number of aliphatic hydroxyl groups excluding tert-OH is 1. The number of benzene rings is 2. The van der Waals surface area contributed by atoms with Crippen LogP contribution in [-0.4, -0.2) is 37.9 Å². The van der Waals surface area contributed by atoms with Gasteiger partial charge >= 0.3 is 0 Å². The van der Waals surface area contributed by atoms with E-state index in [1.54, 1.807) is 7.11 Å². The van der Waals surface area contributed by atoms with E-state index in [1.165, 1.54) is 5.56 Å². The molecule has 0 aliphatic rings. The first-order valence-corrected chi connectivity index (χ1v) is 9.18. The van der Waals surface area contributed by atoms with Crippen molar-refractivity contribution in [1.82, 2.24) is 10.6 Å². The molecule has 0 amide bonds. The Bertz CT molecular complexity index is 720. The number of hydrogen-bond donors (Lipinski definition) is 3. The smallest absolute Gasteiger partial charge is 0.192 e. The predicted molar refractivity (Wildman–Crippen MR) is 108 cm³/mol. The molecular formula is C21H29N3O3. The molecule has 0 bridgehead atoms. The Morgan fingerprint density at radius 3 is 2.59 bits per heavy atom. The van der Waals surface area contributed by atoms with E-state index in [0.717, 1.165) is 18.1 Å². The van der Waals surface area contributed by atoms with Gasteiger partial charge in [0.2, 0.25) is 0 Å². The second kappa shape index (κ2) is 11.1. The van der Waals surface area contributed by atoms with Gasteiger partial charge in [-0.05, 0) is 37.1 Å². The first kappa shape index (κ1) is 20.6. The van der Waals surface area contributed by atoms with Gasteiger partial charge in [0.15, 0.2) is 17.5 Å². The number of ether oxygens (including phenoxy) is 2. The Kier molecular flexibility index (Phi) is 8.45. The van der Waals surface area contributed by atoms with Crippen LogP contribution in [0.1, 0.15) is 31.0 Å². The van der Waals surface area contributed by atoms with Crippen LogP contribution in [0.4, 0.5) is 0 Å². The highest BCUT2D eigenvalue weighted by Gasteiger charge is 2.08. The van der Waals surface area contributed by atoms with Crippen LogP contribution in [0.25, 0.3) is 0 Å². The third-order valence-electron chi connectivity index (χ3n) is 3.99. The molecule has 0 radical (unpaired) electrons.